The lowest BCUT2D eigenvalue weighted by Crippen LogP contribution is -2.35. The van der Waals surface area contributed by atoms with Crippen LogP contribution in [0.4, 0.5) is 5.69 Å². The van der Waals surface area contributed by atoms with Crippen LogP contribution in [0.1, 0.15) is 37.8 Å². The van der Waals surface area contributed by atoms with Gasteiger partial charge < -0.3 is 15.4 Å². The van der Waals surface area contributed by atoms with Crippen LogP contribution in [0.25, 0.3) is 0 Å². The van der Waals surface area contributed by atoms with E-state index in [1.165, 1.54) is 38.0 Å². The number of ether oxygens (including phenoxy) is 1. The third-order valence-corrected chi connectivity index (χ3v) is 4.88. The highest BCUT2D eigenvalue weighted by atomic mass is 16.5. The normalized spacial score (nSPS) is 24.5. The summed E-state index contributed by atoms with van der Waals surface area (Å²) in [5.41, 5.74) is 8.59. The van der Waals surface area contributed by atoms with Crippen LogP contribution in [-0.2, 0) is 0 Å². The number of likely N-dealkylation sites (tertiary alicyclic amines) is 1. The minimum atomic E-state index is -0.0120. The topological polar surface area (TPSA) is 41.7 Å². The zero-order valence-corrected chi connectivity index (χ0v) is 13.2. The molecule has 21 heavy (non-hydrogen) atoms. The highest BCUT2D eigenvalue weighted by molar-refractivity contribution is 5.61. The molecule has 3 rings (SSSR count). The molecule has 2 aliphatic rings. The Labute approximate surface area is 127 Å². The Kier molecular flexibility index (Phi) is 4.36. The number of rotatable bonds is 4. The number of nitrogens with zero attached hydrogens (tertiary/aromatic N) is 2. The molecular weight excluding hydrogens is 262 g/mol. The summed E-state index contributed by atoms with van der Waals surface area (Å²) >= 11 is 0. The van der Waals surface area contributed by atoms with E-state index in [2.05, 4.69) is 21.9 Å². The lowest BCUT2D eigenvalue weighted by molar-refractivity contribution is 0.260. The molecule has 0 aliphatic carbocycles. The van der Waals surface area contributed by atoms with E-state index in [1.54, 1.807) is 7.11 Å². The average Bonchev–Trinajstić information content (AvgIpc) is 3.16. The van der Waals surface area contributed by atoms with Crippen LogP contribution in [0, 0.1) is 0 Å². The summed E-state index contributed by atoms with van der Waals surface area (Å²) in [6.45, 7) is 6.82. The second-order valence-corrected chi connectivity index (χ2v) is 6.31. The van der Waals surface area contributed by atoms with Crippen LogP contribution in [0.15, 0.2) is 18.2 Å². The molecule has 116 valence electrons. The van der Waals surface area contributed by atoms with Crippen molar-refractivity contribution < 1.29 is 4.74 Å². The van der Waals surface area contributed by atoms with E-state index in [4.69, 9.17) is 10.5 Å². The molecule has 2 aliphatic heterocycles. The monoisotopic (exact) mass is 289 g/mol. The number of nitrogens with two attached hydrogens (primary N) is 1. The minimum absolute atomic E-state index is 0.0120. The van der Waals surface area contributed by atoms with E-state index >= 15 is 0 Å². The van der Waals surface area contributed by atoms with Gasteiger partial charge in [0.15, 0.2) is 0 Å². The standard InChI is InChI=1S/C17H27N3O/c1-13(18)17-15(6-5-7-16(17)21-2)20-11-8-14(12-20)19-9-3-4-10-19/h5-7,13-14H,3-4,8-12,18H2,1-2H3/t13-,14?/m1/s1. The van der Waals surface area contributed by atoms with Crippen molar-refractivity contribution >= 4 is 5.69 Å². The second-order valence-electron chi connectivity index (χ2n) is 6.31. The summed E-state index contributed by atoms with van der Waals surface area (Å²) in [5.74, 6) is 0.909. The summed E-state index contributed by atoms with van der Waals surface area (Å²) in [6, 6.07) is 6.97. The molecule has 2 N–H and O–H groups in total. The van der Waals surface area contributed by atoms with E-state index < -0.39 is 0 Å². The van der Waals surface area contributed by atoms with Gasteiger partial charge in [0.1, 0.15) is 5.75 Å². The van der Waals surface area contributed by atoms with Crippen LogP contribution in [-0.4, -0.2) is 44.2 Å². The molecular formula is C17H27N3O. The van der Waals surface area contributed by atoms with Crippen LogP contribution in [0.5, 0.6) is 5.75 Å². The Morgan fingerprint density at radius 3 is 2.67 bits per heavy atom. The van der Waals surface area contributed by atoms with Gasteiger partial charge in [0.05, 0.1) is 7.11 Å². The SMILES string of the molecule is COc1cccc(N2CCC(N3CCCC3)C2)c1[C@@H](C)N. The maximum absolute atomic E-state index is 6.20. The smallest absolute Gasteiger partial charge is 0.125 e. The summed E-state index contributed by atoms with van der Waals surface area (Å²) < 4.78 is 5.52. The number of methoxy groups -OCH3 is 1. The van der Waals surface area contributed by atoms with Crippen molar-refractivity contribution in [2.45, 2.75) is 38.3 Å². The van der Waals surface area contributed by atoms with E-state index in [0.29, 0.717) is 6.04 Å². The molecule has 0 radical (unpaired) electrons. The summed E-state index contributed by atoms with van der Waals surface area (Å²) in [7, 11) is 1.72. The van der Waals surface area contributed by atoms with E-state index in [0.717, 1.165) is 24.4 Å². The molecule has 0 aromatic heterocycles. The van der Waals surface area contributed by atoms with Gasteiger partial charge in [-0.25, -0.2) is 0 Å². The maximum Gasteiger partial charge on any atom is 0.125 e. The zero-order chi connectivity index (χ0) is 14.8. The average molecular weight is 289 g/mol. The van der Waals surface area contributed by atoms with Crippen molar-refractivity contribution in [3.05, 3.63) is 23.8 Å². The van der Waals surface area contributed by atoms with Gasteiger partial charge in [0.2, 0.25) is 0 Å². The van der Waals surface area contributed by atoms with Gasteiger partial charge in [-0.3, -0.25) is 4.90 Å². The first kappa shape index (κ1) is 14.7. The lowest BCUT2D eigenvalue weighted by atomic mass is 10.0. The third-order valence-electron chi connectivity index (χ3n) is 4.88. The number of hydrogen-bond donors (Lipinski definition) is 1. The van der Waals surface area contributed by atoms with Gasteiger partial charge in [-0.15, -0.1) is 0 Å². The fraction of sp³-hybridized carbons (Fsp3) is 0.647. The van der Waals surface area contributed by atoms with Crippen molar-refractivity contribution in [1.29, 1.82) is 0 Å². The molecule has 2 fully saturated rings. The molecule has 0 amide bonds. The van der Waals surface area contributed by atoms with E-state index in [9.17, 15) is 0 Å². The zero-order valence-electron chi connectivity index (χ0n) is 13.2. The van der Waals surface area contributed by atoms with Gasteiger partial charge >= 0.3 is 0 Å². The first-order valence-corrected chi connectivity index (χ1v) is 8.12. The molecule has 2 heterocycles. The molecule has 0 spiro atoms. The van der Waals surface area contributed by atoms with Gasteiger partial charge in [-0.2, -0.15) is 0 Å². The lowest BCUT2D eigenvalue weighted by Gasteiger charge is -2.27. The molecule has 2 saturated heterocycles. The van der Waals surface area contributed by atoms with Crippen molar-refractivity contribution in [3.63, 3.8) is 0 Å². The molecule has 0 saturated carbocycles. The fourth-order valence-corrected chi connectivity index (χ4v) is 3.81. The molecule has 4 heteroatoms. The van der Waals surface area contributed by atoms with Crippen molar-refractivity contribution in [1.82, 2.24) is 4.90 Å². The highest BCUT2D eigenvalue weighted by Gasteiger charge is 2.31. The summed E-state index contributed by atoms with van der Waals surface area (Å²) in [5, 5.41) is 0. The Morgan fingerprint density at radius 2 is 2.00 bits per heavy atom. The summed E-state index contributed by atoms with van der Waals surface area (Å²) in [4.78, 5) is 5.15. The quantitative estimate of drug-likeness (QED) is 0.924. The van der Waals surface area contributed by atoms with Crippen LogP contribution in [0.3, 0.4) is 0 Å². The first-order valence-electron chi connectivity index (χ1n) is 8.12. The van der Waals surface area contributed by atoms with Gasteiger partial charge in [0, 0.05) is 36.4 Å². The maximum atomic E-state index is 6.20. The van der Waals surface area contributed by atoms with Crippen molar-refractivity contribution in [2.75, 3.05) is 38.2 Å². The molecule has 4 nitrogen and oxygen atoms in total. The van der Waals surface area contributed by atoms with Gasteiger partial charge in [-0.1, -0.05) is 6.07 Å². The molecule has 0 bridgehead atoms. The largest absolute Gasteiger partial charge is 0.496 e. The van der Waals surface area contributed by atoms with Crippen molar-refractivity contribution in [2.24, 2.45) is 5.73 Å². The minimum Gasteiger partial charge on any atom is -0.496 e. The van der Waals surface area contributed by atoms with Crippen LogP contribution < -0.4 is 15.4 Å². The van der Waals surface area contributed by atoms with Gasteiger partial charge in [0.25, 0.3) is 0 Å². The Balaban J connectivity index is 1.81. The molecule has 2 atom stereocenters. The number of hydrogen-bond acceptors (Lipinski definition) is 4. The van der Waals surface area contributed by atoms with E-state index in [-0.39, 0.29) is 6.04 Å². The van der Waals surface area contributed by atoms with Gasteiger partial charge in [-0.05, 0) is 51.4 Å². The Morgan fingerprint density at radius 1 is 1.24 bits per heavy atom. The Bertz CT molecular complexity index is 483. The molecule has 1 unspecified atom stereocenters. The second kappa shape index (κ2) is 6.24. The van der Waals surface area contributed by atoms with E-state index in [1.807, 2.05) is 13.0 Å². The fourth-order valence-electron chi connectivity index (χ4n) is 3.81. The molecule has 1 aromatic carbocycles. The molecule has 1 aromatic rings. The van der Waals surface area contributed by atoms with Crippen LogP contribution >= 0.6 is 0 Å². The van der Waals surface area contributed by atoms with Crippen molar-refractivity contribution in [3.8, 4) is 5.75 Å². The first-order chi connectivity index (χ1) is 10.2. The van der Waals surface area contributed by atoms with Crippen LogP contribution in [0.2, 0.25) is 0 Å². The Hall–Kier alpha value is -1.26. The summed E-state index contributed by atoms with van der Waals surface area (Å²) in [6.07, 6.45) is 3.98. The number of anilines is 1. The number of benzene rings is 1. The third kappa shape index (κ3) is 2.87. The predicted octanol–water partition coefficient (Wildman–Crippen LogP) is 2.39. The predicted molar refractivity (Wildman–Crippen MR) is 87.0 cm³/mol. The highest BCUT2D eigenvalue weighted by Crippen LogP contribution is 2.36.